The summed E-state index contributed by atoms with van der Waals surface area (Å²) in [5, 5.41) is 3.87. The zero-order valence-electron chi connectivity index (χ0n) is 13.8. The van der Waals surface area contributed by atoms with Crippen LogP contribution in [0.4, 0.5) is 4.79 Å². The van der Waals surface area contributed by atoms with E-state index in [1.807, 2.05) is 30.3 Å². The third kappa shape index (κ3) is 5.03. The molecule has 0 saturated carbocycles. The third-order valence-electron chi connectivity index (χ3n) is 3.96. The molecule has 1 aliphatic rings. The zero-order valence-corrected chi connectivity index (χ0v) is 13.8. The lowest BCUT2D eigenvalue weighted by Crippen LogP contribution is -2.41. The minimum atomic E-state index is -0.351. The van der Waals surface area contributed by atoms with Gasteiger partial charge in [0.25, 0.3) is 0 Å². The van der Waals surface area contributed by atoms with Gasteiger partial charge >= 0.3 is 12.1 Å². The predicted octanol–water partition coefficient (Wildman–Crippen LogP) is 1.62. The molecule has 0 spiro atoms. The second kappa shape index (κ2) is 8.27. The van der Waals surface area contributed by atoms with Crippen molar-refractivity contribution in [3.63, 3.8) is 0 Å². The molecule has 1 fully saturated rings. The molecule has 1 amide bonds. The molecule has 3 rings (SSSR count). The number of hydrogen-bond donors (Lipinski definition) is 0. The van der Waals surface area contributed by atoms with Gasteiger partial charge in [-0.15, -0.1) is 0 Å². The molecule has 1 aromatic heterocycles. The Hall–Kier alpha value is -2.90. The molecule has 0 N–H and O–H groups in total. The van der Waals surface area contributed by atoms with Crippen LogP contribution in [0.2, 0.25) is 0 Å². The number of aromatic nitrogens is 3. The molecule has 0 atom stereocenters. The second-order valence-corrected chi connectivity index (χ2v) is 5.81. The molecule has 0 unspecified atom stereocenters. The van der Waals surface area contributed by atoms with Gasteiger partial charge in [0.2, 0.25) is 0 Å². The Labute approximate surface area is 145 Å². The Morgan fingerprint density at radius 3 is 2.60 bits per heavy atom. The molecule has 0 bridgehead atoms. The van der Waals surface area contributed by atoms with Crippen molar-refractivity contribution in [3.8, 4) is 0 Å². The number of ether oxygens (including phenoxy) is 2. The van der Waals surface area contributed by atoms with E-state index in [-0.39, 0.29) is 31.3 Å². The Kier molecular flexibility index (Phi) is 5.61. The number of rotatable bonds is 5. The second-order valence-electron chi connectivity index (χ2n) is 5.81. The van der Waals surface area contributed by atoms with Gasteiger partial charge in [0.15, 0.2) is 0 Å². The van der Waals surface area contributed by atoms with E-state index in [2.05, 4.69) is 10.1 Å². The van der Waals surface area contributed by atoms with Crippen molar-refractivity contribution in [1.82, 2.24) is 19.7 Å². The van der Waals surface area contributed by atoms with Gasteiger partial charge < -0.3 is 14.4 Å². The first-order valence-electron chi connectivity index (χ1n) is 8.18. The van der Waals surface area contributed by atoms with Gasteiger partial charge in [-0.3, -0.25) is 4.79 Å². The van der Waals surface area contributed by atoms with Crippen LogP contribution < -0.4 is 0 Å². The highest BCUT2D eigenvalue weighted by Gasteiger charge is 2.26. The average Bonchev–Trinajstić information content (AvgIpc) is 3.14. The van der Waals surface area contributed by atoms with Gasteiger partial charge in [-0.05, 0) is 5.56 Å². The van der Waals surface area contributed by atoms with Gasteiger partial charge in [-0.1, -0.05) is 30.3 Å². The maximum Gasteiger partial charge on any atom is 0.410 e. The van der Waals surface area contributed by atoms with Crippen molar-refractivity contribution >= 4 is 12.1 Å². The SMILES string of the molecule is O=C(Cn1cncn1)OC1CCN(C(=O)OCc2ccccc2)CC1. The van der Waals surface area contributed by atoms with Crippen LogP contribution in [0.5, 0.6) is 0 Å². The fraction of sp³-hybridized carbons (Fsp3) is 0.412. The molecule has 1 aromatic carbocycles. The predicted molar refractivity (Wildman–Crippen MR) is 87.3 cm³/mol. The first kappa shape index (κ1) is 16.9. The molecule has 2 aromatic rings. The van der Waals surface area contributed by atoms with E-state index in [0.717, 1.165) is 5.56 Å². The van der Waals surface area contributed by atoms with Crippen molar-refractivity contribution in [2.24, 2.45) is 0 Å². The minimum Gasteiger partial charge on any atom is -0.461 e. The Morgan fingerprint density at radius 1 is 1.16 bits per heavy atom. The molecule has 0 radical (unpaired) electrons. The summed E-state index contributed by atoms with van der Waals surface area (Å²) in [7, 11) is 0. The molecular weight excluding hydrogens is 324 g/mol. The van der Waals surface area contributed by atoms with E-state index in [9.17, 15) is 9.59 Å². The van der Waals surface area contributed by atoms with Crippen LogP contribution in [0.15, 0.2) is 43.0 Å². The molecule has 0 aliphatic carbocycles. The maximum absolute atomic E-state index is 12.1. The van der Waals surface area contributed by atoms with Gasteiger partial charge in [0.05, 0.1) is 0 Å². The summed E-state index contributed by atoms with van der Waals surface area (Å²) >= 11 is 0. The quantitative estimate of drug-likeness (QED) is 0.766. The van der Waals surface area contributed by atoms with Crippen LogP contribution in [0.1, 0.15) is 18.4 Å². The fourth-order valence-corrected chi connectivity index (χ4v) is 2.64. The summed E-state index contributed by atoms with van der Waals surface area (Å²) in [5.74, 6) is -0.351. The Morgan fingerprint density at radius 2 is 1.92 bits per heavy atom. The van der Waals surface area contributed by atoms with Crippen molar-refractivity contribution < 1.29 is 19.1 Å². The van der Waals surface area contributed by atoms with Crippen LogP contribution in [-0.4, -0.2) is 50.9 Å². The fourth-order valence-electron chi connectivity index (χ4n) is 2.64. The Bertz CT molecular complexity index is 682. The van der Waals surface area contributed by atoms with Gasteiger partial charge in [0, 0.05) is 25.9 Å². The lowest BCUT2D eigenvalue weighted by molar-refractivity contribution is -0.151. The van der Waals surface area contributed by atoms with Crippen molar-refractivity contribution in [3.05, 3.63) is 48.5 Å². The molecule has 1 saturated heterocycles. The van der Waals surface area contributed by atoms with E-state index in [1.54, 1.807) is 4.90 Å². The van der Waals surface area contributed by atoms with Crippen LogP contribution in [0.3, 0.4) is 0 Å². The van der Waals surface area contributed by atoms with Gasteiger partial charge in [-0.2, -0.15) is 5.10 Å². The number of hydrogen-bond acceptors (Lipinski definition) is 6. The summed E-state index contributed by atoms with van der Waals surface area (Å²) < 4.78 is 12.1. The number of benzene rings is 1. The summed E-state index contributed by atoms with van der Waals surface area (Å²) in [6.45, 7) is 1.32. The normalized spacial score (nSPS) is 15.0. The summed E-state index contributed by atoms with van der Waals surface area (Å²) in [6.07, 6.45) is 3.51. The highest BCUT2D eigenvalue weighted by atomic mass is 16.6. The topological polar surface area (TPSA) is 86.6 Å². The first-order valence-corrected chi connectivity index (χ1v) is 8.18. The molecule has 8 heteroatoms. The van der Waals surface area contributed by atoms with Crippen molar-refractivity contribution in [2.75, 3.05) is 13.1 Å². The molecule has 8 nitrogen and oxygen atoms in total. The van der Waals surface area contributed by atoms with E-state index in [0.29, 0.717) is 25.9 Å². The minimum absolute atomic E-state index is 0.0410. The number of piperidine rings is 1. The number of amides is 1. The van der Waals surface area contributed by atoms with Crippen LogP contribution >= 0.6 is 0 Å². The van der Waals surface area contributed by atoms with Crippen molar-refractivity contribution in [2.45, 2.75) is 32.1 Å². The van der Waals surface area contributed by atoms with Gasteiger partial charge in [-0.25, -0.2) is 14.5 Å². The molecule has 25 heavy (non-hydrogen) atoms. The molecule has 132 valence electrons. The number of esters is 1. The highest BCUT2D eigenvalue weighted by molar-refractivity contribution is 5.69. The number of carbonyl (C=O) groups excluding carboxylic acids is 2. The lowest BCUT2D eigenvalue weighted by atomic mass is 10.1. The highest BCUT2D eigenvalue weighted by Crippen LogP contribution is 2.15. The molecule has 1 aliphatic heterocycles. The standard InChI is InChI=1S/C17H20N4O4/c22-16(10-21-13-18-12-19-21)25-15-6-8-20(9-7-15)17(23)24-11-14-4-2-1-3-5-14/h1-5,12-13,15H,6-11H2. The summed E-state index contributed by atoms with van der Waals surface area (Å²) in [5.41, 5.74) is 0.952. The average molecular weight is 344 g/mol. The van der Waals surface area contributed by atoms with E-state index in [1.165, 1.54) is 17.3 Å². The smallest absolute Gasteiger partial charge is 0.410 e. The summed E-state index contributed by atoms with van der Waals surface area (Å²) in [4.78, 5) is 29.3. The number of likely N-dealkylation sites (tertiary alicyclic amines) is 1. The monoisotopic (exact) mass is 344 g/mol. The largest absolute Gasteiger partial charge is 0.461 e. The lowest BCUT2D eigenvalue weighted by Gasteiger charge is -2.31. The van der Waals surface area contributed by atoms with E-state index < -0.39 is 0 Å². The van der Waals surface area contributed by atoms with Crippen LogP contribution in [0, 0.1) is 0 Å². The van der Waals surface area contributed by atoms with E-state index in [4.69, 9.17) is 9.47 Å². The van der Waals surface area contributed by atoms with Crippen LogP contribution in [0.25, 0.3) is 0 Å². The zero-order chi connectivity index (χ0) is 17.5. The first-order chi connectivity index (χ1) is 12.2. The number of nitrogens with zero attached hydrogens (tertiary/aromatic N) is 4. The third-order valence-corrected chi connectivity index (χ3v) is 3.96. The van der Waals surface area contributed by atoms with Gasteiger partial charge in [0.1, 0.15) is 31.9 Å². The van der Waals surface area contributed by atoms with E-state index >= 15 is 0 Å². The molecule has 2 heterocycles. The maximum atomic E-state index is 12.1. The Balaban J connectivity index is 1.37. The van der Waals surface area contributed by atoms with Crippen LogP contribution in [-0.2, 0) is 27.4 Å². The summed E-state index contributed by atoms with van der Waals surface area (Å²) in [6, 6.07) is 9.55. The molecular formula is C17H20N4O4. The van der Waals surface area contributed by atoms with Crippen molar-refractivity contribution in [1.29, 1.82) is 0 Å². The number of carbonyl (C=O) groups is 2.